The molecule has 1 N–H and O–H groups in total. The number of carboxylic acid groups (broad SMARTS) is 1. The lowest BCUT2D eigenvalue weighted by molar-refractivity contribution is -0.142. The Morgan fingerprint density at radius 1 is 1.35 bits per heavy atom. The molecule has 0 radical (unpaired) electrons. The standard InChI is InChI=1S/C15H19NO3S/c1-10-5-3-4-6-13(10)20-9-14(17)16-7-11(2)12(8-16)15(18)19/h3-6,11-12H,7-9H2,1-2H3,(H,18,19)/t11-,12-/m1/s1. The fourth-order valence-electron chi connectivity index (χ4n) is 2.44. The third-order valence-electron chi connectivity index (χ3n) is 3.73. The van der Waals surface area contributed by atoms with Crippen molar-refractivity contribution in [1.82, 2.24) is 4.90 Å². The largest absolute Gasteiger partial charge is 0.481 e. The van der Waals surface area contributed by atoms with E-state index in [-0.39, 0.29) is 11.8 Å². The number of aryl methyl sites for hydroxylation is 1. The molecule has 0 saturated carbocycles. The molecule has 1 fully saturated rings. The van der Waals surface area contributed by atoms with Gasteiger partial charge in [-0.2, -0.15) is 0 Å². The molecule has 1 aromatic carbocycles. The number of nitrogens with zero attached hydrogens (tertiary/aromatic N) is 1. The fourth-order valence-corrected chi connectivity index (χ4v) is 3.37. The minimum Gasteiger partial charge on any atom is -0.481 e. The molecule has 1 heterocycles. The Morgan fingerprint density at radius 3 is 2.65 bits per heavy atom. The summed E-state index contributed by atoms with van der Waals surface area (Å²) in [6.07, 6.45) is 0. The number of hydrogen-bond acceptors (Lipinski definition) is 3. The number of thioether (sulfide) groups is 1. The zero-order chi connectivity index (χ0) is 14.7. The van der Waals surface area contributed by atoms with E-state index in [9.17, 15) is 9.59 Å². The quantitative estimate of drug-likeness (QED) is 0.865. The third-order valence-corrected chi connectivity index (χ3v) is 4.89. The molecular formula is C15H19NO3S. The summed E-state index contributed by atoms with van der Waals surface area (Å²) >= 11 is 1.51. The van der Waals surface area contributed by atoms with Crippen molar-refractivity contribution in [2.24, 2.45) is 11.8 Å². The van der Waals surface area contributed by atoms with Gasteiger partial charge in [-0.3, -0.25) is 9.59 Å². The highest BCUT2D eigenvalue weighted by Crippen LogP contribution is 2.26. The Morgan fingerprint density at radius 2 is 2.05 bits per heavy atom. The van der Waals surface area contributed by atoms with Crippen molar-refractivity contribution in [2.75, 3.05) is 18.8 Å². The van der Waals surface area contributed by atoms with E-state index in [4.69, 9.17) is 5.11 Å². The molecule has 1 aliphatic heterocycles. The highest BCUT2D eigenvalue weighted by atomic mass is 32.2. The SMILES string of the molecule is Cc1ccccc1SCC(=O)N1C[C@@H](C)[C@H](C(=O)O)C1. The number of aliphatic carboxylic acids is 1. The smallest absolute Gasteiger partial charge is 0.308 e. The van der Waals surface area contributed by atoms with E-state index in [1.165, 1.54) is 11.8 Å². The summed E-state index contributed by atoms with van der Waals surface area (Å²) in [5.41, 5.74) is 1.16. The first kappa shape index (κ1) is 14.9. The molecule has 0 unspecified atom stereocenters. The second-order valence-corrected chi connectivity index (χ2v) is 6.29. The van der Waals surface area contributed by atoms with Gasteiger partial charge < -0.3 is 10.0 Å². The van der Waals surface area contributed by atoms with Crippen LogP contribution in [0.15, 0.2) is 29.2 Å². The summed E-state index contributed by atoms with van der Waals surface area (Å²) < 4.78 is 0. The predicted molar refractivity (Wildman–Crippen MR) is 78.8 cm³/mol. The topological polar surface area (TPSA) is 57.6 Å². The zero-order valence-electron chi connectivity index (χ0n) is 11.7. The van der Waals surface area contributed by atoms with Gasteiger partial charge in [0.2, 0.25) is 5.91 Å². The Bertz CT molecular complexity index is 518. The van der Waals surface area contributed by atoms with E-state index < -0.39 is 11.9 Å². The van der Waals surface area contributed by atoms with Crippen molar-refractivity contribution in [3.63, 3.8) is 0 Å². The summed E-state index contributed by atoms with van der Waals surface area (Å²) in [5.74, 6) is -0.820. The number of rotatable bonds is 4. The molecule has 0 aromatic heterocycles. The van der Waals surface area contributed by atoms with Gasteiger partial charge in [-0.15, -0.1) is 11.8 Å². The van der Waals surface area contributed by atoms with Crippen LogP contribution in [0.2, 0.25) is 0 Å². The average Bonchev–Trinajstić information content (AvgIpc) is 2.80. The van der Waals surface area contributed by atoms with E-state index in [0.717, 1.165) is 10.5 Å². The number of hydrogen-bond donors (Lipinski definition) is 1. The first-order valence-electron chi connectivity index (χ1n) is 6.68. The predicted octanol–water partition coefficient (Wildman–Crippen LogP) is 2.27. The lowest BCUT2D eigenvalue weighted by Gasteiger charge is -2.16. The average molecular weight is 293 g/mol. The van der Waals surface area contributed by atoms with E-state index in [0.29, 0.717) is 18.8 Å². The molecule has 1 aliphatic rings. The van der Waals surface area contributed by atoms with Crippen molar-refractivity contribution in [2.45, 2.75) is 18.7 Å². The van der Waals surface area contributed by atoms with Crippen molar-refractivity contribution < 1.29 is 14.7 Å². The summed E-state index contributed by atoms with van der Waals surface area (Å²) in [5, 5.41) is 9.08. The van der Waals surface area contributed by atoms with Gasteiger partial charge in [0.15, 0.2) is 0 Å². The van der Waals surface area contributed by atoms with E-state index in [1.54, 1.807) is 4.90 Å². The molecule has 5 heteroatoms. The van der Waals surface area contributed by atoms with Crippen LogP contribution in [-0.2, 0) is 9.59 Å². The van der Waals surface area contributed by atoms with Crippen LogP contribution in [0.1, 0.15) is 12.5 Å². The van der Waals surface area contributed by atoms with Gasteiger partial charge in [-0.25, -0.2) is 0 Å². The highest BCUT2D eigenvalue weighted by molar-refractivity contribution is 8.00. The first-order valence-corrected chi connectivity index (χ1v) is 7.66. The maximum Gasteiger partial charge on any atom is 0.308 e. The van der Waals surface area contributed by atoms with Crippen molar-refractivity contribution in [1.29, 1.82) is 0 Å². The van der Waals surface area contributed by atoms with E-state index >= 15 is 0 Å². The fraction of sp³-hybridized carbons (Fsp3) is 0.467. The Balaban J connectivity index is 1.90. The number of carbonyl (C=O) groups excluding carboxylic acids is 1. The Hall–Kier alpha value is -1.49. The molecular weight excluding hydrogens is 274 g/mol. The zero-order valence-corrected chi connectivity index (χ0v) is 12.5. The maximum atomic E-state index is 12.2. The normalized spacial score (nSPS) is 22.0. The minimum absolute atomic E-state index is 0.0221. The Kier molecular flexibility index (Phi) is 4.70. The molecule has 0 bridgehead atoms. The van der Waals surface area contributed by atoms with Crippen LogP contribution in [0, 0.1) is 18.8 Å². The van der Waals surface area contributed by atoms with Gasteiger partial charge in [0.25, 0.3) is 0 Å². The van der Waals surface area contributed by atoms with Crippen LogP contribution >= 0.6 is 11.8 Å². The molecule has 20 heavy (non-hydrogen) atoms. The minimum atomic E-state index is -0.806. The second-order valence-electron chi connectivity index (χ2n) is 5.27. The molecule has 0 aliphatic carbocycles. The maximum absolute atomic E-state index is 12.2. The van der Waals surface area contributed by atoms with Gasteiger partial charge in [0.1, 0.15) is 0 Å². The monoisotopic (exact) mass is 293 g/mol. The van der Waals surface area contributed by atoms with Crippen molar-refractivity contribution in [3.8, 4) is 0 Å². The van der Waals surface area contributed by atoms with E-state index in [2.05, 4.69) is 0 Å². The lowest BCUT2D eigenvalue weighted by Crippen LogP contribution is -2.31. The van der Waals surface area contributed by atoms with Crippen molar-refractivity contribution in [3.05, 3.63) is 29.8 Å². The van der Waals surface area contributed by atoms with Crippen LogP contribution in [0.3, 0.4) is 0 Å². The Labute approximate surface area is 123 Å². The first-order chi connectivity index (χ1) is 9.49. The van der Waals surface area contributed by atoms with Crippen LogP contribution in [0.5, 0.6) is 0 Å². The van der Waals surface area contributed by atoms with Crippen molar-refractivity contribution >= 4 is 23.6 Å². The molecule has 2 rings (SSSR count). The molecule has 1 saturated heterocycles. The van der Waals surface area contributed by atoms with Crippen LogP contribution < -0.4 is 0 Å². The summed E-state index contributed by atoms with van der Waals surface area (Å²) in [6.45, 7) is 4.79. The molecule has 1 aromatic rings. The van der Waals surface area contributed by atoms with E-state index in [1.807, 2.05) is 38.1 Å². The number of carboxylic acids is 1. The van der Waals surface area contributed by atoms with Gasteiger partial charge in [-0.05, 0) is 24.5 Å². The number of likely N-dealkylation sites (tertiary alicyclic amines) is 1. The number of carbonyl (C=O) groups is 2. The van der Waals surface area contributed by atoms with Crippen LogP contribution in [0.25, 0.3) is 0 Å². The van der Waals surface area contributed by atoms with Gasteiger partial charge >= 0.3 is 5.97 Å². The third kappa shape index (κ3) is 3.33. The highest BCUT2D eigenvalue weighted by Gasteiger charge is 2.36. The number of benzene rings is 1. The summed E-state index contributed by atoms with van der Waals surface area (Å²) in [7, 11) is 0. The van der Waals surface area contributed by atoms with Gasteiger partial charge in [0, 0.05) is 18.0 Å². The molecule has 2 atom stereocenters. The van der Waals surface area contributed by atoms with Crippen LogP contribution in [-0.4, -0.2) is 40.7 Å². The summed E-state index contributed by atoms with van der Waals surface area (Å²) in [4.78, 5) is 26.0. The molecule has 0 spiro atoms. The lowest BCUT2D eigenvalue weighted by atomic mass is 9.99. The second kappa shape index (κ2) is 6.31. The molecule has 1 amide bonds. The molecule has 4 nitrogen and oxygen atoms in total. The van der Waals surface area contributed by atoms with Crippen LogP contribution in [0.4, 0.5) is 0 Å². The van der Waals surface area contributed by atoms with Gasteiger partial charge in [0.05, 0.1) is 11.7 Å². The van der Waals surface area contributed by atoms with Gasteiger partial charge in [-0.1, -0.05) is 25.1 Å². The molecule has 108 valence electrons. The summed E-state index contributed by atoms with van der Waals surface area (Å²) in [6, 6.07) is 7.95. The number of amides is 1.